The van der Waals surface area contributed by atoms with Crippen LogP contribution < -0.4 is 0 Å². The van der Waals surface area contributed by atoms with Gasteiger partial charge in [0.1, 0.15) is 11.6 Å². The Hall–Kier alpha value is -2.22. The number of piperazine rings is 1. The number of amides is 1. The SMILES string of the molecule is CC(C)(C)OC(=O)N1CCN(Cc2cnccn2)[C@@H](C(=O)O)C1. The Labute approximate surface area is 135 Å². The molecule has 0 radical (unpaired) electrons. The Morgan fingerprint density at radius 1 is 1.35 bits per heavy atom. The maximum absolute atomic E-state index is 12.1. The van der Waals surface area contributed by atoms with Crippen LogP contribution in [0, 0.1) is 0 Å². The third-order valence-corrected chi connectivity index (χ3v) is 3.41. The van der Waals surface area contributed by atoms with Gasteiger partial charge in [0.2, 0.25) is 0 Å². The molecule has 1 aromatic heterocycles. The minimum absolute atomic E-state index is 0.0878. The topological polar surface area (TPSA) is 95.9 Å². The van der Waals surface area contributed by atoms with Crippen LogP contribution in [0.3, 0.4) is 0 Å². The van der Waals surface area contributed by atoms with Crippen LogP contribution in [0.1, 0.15) is 26.5 Å². The summed E-state index contributed by atoms with van der Waals surface area (Å²) in [5.41, 5.74) is 0.0940. The molecule has 1 atom stereocenters. The van der Waals surface area contributed by atoms with E-state index in [1.54, 1.807) is 44.3 Å². The number of aromatic nitrogens is 2. The molecule has 0 aliphatic carbocycles. The van der Waals surface area contributed by atoms with Crippen molar-refractivity contribution in [3.05, 3.63) is 24.3 Å². The Kier molecular flexibility index (Phi) is 5.15. The lowest BCUT2D eigenvalue weighted by atomic mass is 10.1. The Balaban J connectivity index is 2.03. The maximum Gasteiger partial charge on any atom is 0.410 e. The van der Waals surface area contributed by atoms with Crippen molar-refractivity contribution in [3.8, 4) is 0 Å². The molecule has 1 amide bonds. The number of hydrogen-bond donors (Lipinski definition) is 1. The standard InChI is InChI=1S/C15H22N4O4/c1-15(2,3)23-14(22)19-7-6-18(12(10-19)13(20)21)9-11-8-16-4-5-17-11/h4-5,8,12H,6-7,9-10H2,1-3H3,(H,20,21)/t12-/m1/s1. The normalized spacial score (nSPS) is 19.4. The van der Waals surface area contributed by atoms with Crippen LogP contribution in [0.2, 0.25) is 0 Å². The molecule has 0 aromatic carbocycles. The molecule has 0 unspecified atom stereocenters. The zero-order chi connectivity index (χ0) is 17.0. The summed E-state index contributed by atoms with van der Waals surface area (Å²) in [5, 5.41) is 9.46. The van der Waals surface area contributed by atoms with Crippen molar-refractivity contribution in [2.24, 2.45) is 0 Å². The summed E-state index contributed by atoms with van der Waals surface area (Å²) in [7, 11) is 0. The van der Waals surface area contributed by atoms with Crippen molar-refractivity contribution in [3.63, 3.8) is 0 Å². The molecule has 1 saturated heterocycles. The Morgan fingerprint density at radius 2 is 2.09 bits per heavy atom. The van der Waals surface area contributed by atoms with Crippen molar-refractivity contribution >= 4 is 12.1 Å². The number of nitrogens with zero attached hydrogens (tertiary/aromatic N) is 4. The summed E-state index contributed by atoms with van der Waals surface area (Å²) in [6.07, 6.45) is 4.27. The minimum atomic E-state index is -0.970. The number of ether oxygens (including phenoxy) is 1. The van der Waals surface area contributed by atoms with E-state index in [1.807, 2.05) is 0 Å². The van der Waals surface area contributed by atoms with Gasteiger partial charge in [0.15, 0.2) is 0 Å². The molecule has 0 spiro atoms. The van der Waals surface area contributed by atoms with Gasteiger partial charge in [0.05, 0.1) is 12.2 Å². The fourth-order valence-corrected chi connectivity index (χ4v) is 2.36. The maximum atomic E-state index is 12.1. The van der Waals surface area contributed by atoms with Gasteiger partial charge >= 0.3 is 12.1 Å². The van der Waals surface area contributed by atoms with Crippen molar-refractivity contribution in [1.29, 1.82) is 0 Å². The summed E-state index contributed by atoms with van der Waals surface area (Å²) in [6, 6.07) is -0.793. The summed E-state index contributed by atoms with van der Waals surface area (Å²) < 4.78 is 5.31. The number of aliphatic carboxylic acids is 1. The van der Waals surface area contributed by atoms with Crippen molar-refractivity contribution < 1.29 is 19.4 Å². The Morgan fingerprint density at radius 3 is 2.65 bits per heavy atom. The fraction of sp³-hybridized carbons (Fsp3) is 0.600. The summed E-state index contributed by atoms with van der Waals surface area (Å²) in [6.45, 7) is 6.67. The van der Waals surface area contributed by atoms with E-state index in [1.165, 1.54) is 4.90 Å². The molecule has 1 aliphatic rings. The van der Waals surface area contributed by atoms with Crippen molar-refractivity contribution in [1.82, 2.24) is 19.8 Å². The third kappa shape index (κ3) is 4.88. The van der Waals surface area contributed by atoms with Gasteiger partial charge in [-0.2, -0.15) is 0 Å². The average molecular weight is 322 g/mol. The predicted octanol–water partition coefficient (Wildman–Crippen LogP) is 0.983. The first-order chi connectivity index (χ1) is 10.8. The second-order valence-electron chi connectivity index (χ2n) is 6.45. The summed E-state index contributed by atoms with van der Waals surface area (Å²) in [5.74, 6) is -0.970. The van der Waals surface area contributed by atoms with Crippen LogP contribution in [0.25, 0.3) is 0 Å². The highest BCUT2D eigenvalue weighted by atomic mass is 16.6. The largest absolute Gasteiger partial charge is 0.480 e. The highest BCUT2D eigenvalue weighted by Gasteiger charge is 2.36. The molecule has 1 N–H and O–H groups in total. The predicted molar refractivity (Wildman–Crippen MR) is 81.7 cm³/mol. The summed E-state index contributed by atoms with van der Waals surface area (Å²) >= 11 is 0. The van der Waals surface area contributed by atoms with Gasteiger partial charge in [-0.15, -0.1) is 0 Å². The lowest BCUT2D eigenvalue weighted by Gasteiger charge is -2.39. The summed E-state index contributed by atoms with van der Waals surface area (Å²) in [4.78, 5) is 35.0. The van der Waals surface area contributed by atoms with Gasteiger partial charge < -0.3 is 14.7 Å². The molecule has 0 bridgehead atoms. The number of carbonyl (C=O) groups is 2. The Bertz CT molecular complexity index is 558. The first-order valence-electron chi connectivity index (χ1n) is 7.46. The van der Waals surface area contributed by atoms with Crippen LogP contribution >= 0.6 is 0 Å². The van der Waals surface area contributed by atoms with Crippen LogP contribution in [0.4, 0.5) is 4.79 Å². The van der Waals surface area contributed by atoms with E-state index in [0.717, 1.165) is 0 Å². The zero-order valence-corrected chi connectivity index (χ0v) is 13.6. The van der Waals surface area contributed by atoms with Crippen molar-refractivity contribution in [2.45, 2.75) is 39.0 Å². The molecule has 1 aliphatic heterocycles. The number of carbonyl (C=O) groups excluding carboxylic acids is 1. The van der Waals surface area contributed by atoms with E-state index in [2.05, 4.69) is 9.97 Å². The third-order valence-electron chi connectivity index (χ3n) is 3.41. The molecule has 1 aromatic rings. The smallest absolute Gasteiger partial charge is 0.410 e. The number of rotatable bonds is 3. The van der Waals surface area contributed by atoms with E-state index in [-0.39, 0.29) is 6.54 Å². The van der Waals surface area contributed by atoms with Gasteiger partial charge in [-0.1, -0.05) is 0 Å². The van der Waals surface area contributed by atoms with Crippen molar-refractivity contribution in [2.75, 3.05) is 19.6 Å². The highest BCUT2D eigenvalue weighted by Crippen LogP contribution is 2.16. The molecule has 8 heteroatoms. The molecule has 2 heterocycles. The molecule has 23 heavy (non-hydrogen) atoms. The average Bonchev–Trinajstić information content (AvgIpc) is 2.46. The molecule has 1 fully saturated rings. The van der Waals surface area contributed by atoms with Gasteiger partial charge in [0.25, 0.3) is 0 Å². The molecule has 2 rings (SSSR count). The lowest BCUT2D eigenvalue weighted by Crippen LogP contribution is -2.57. The van der Waals surface area contributed by atoms with Crippen LogP contribution in [0.5, 0.6) is 0 Å². The van der Waals surface area contributed by atoms with E-state index in [0.29, 0.717) is 25.3 Å². The van der Waals surface area contributed by atoms with Gasteiger partial charge in [-0.05, 0) is 20.8 Å². The number of carboxylic acids is 1. The first-order valence-corrected chi connectivity index (χ1v) is 7.46. The lowest BCUT2D eigenvalue weighted by molar-refractivity contribution is -0.145. The quantitative estimate of drug-likeness (QED) is 0.886. The van der Waals surface area contributed by atoms with Gasteiger partial charge in [0, 0.05) is 38.2 Å². The van der Waals surface area contributed by atoms with E-state index >= 15 is 0 Å². The van der Waals surface area contributed by atoms with Crippen LogP contribution in [-0.2, 0) is 16.1 Å². The second kappa shape index (κ2) is 6.91. The fourth-order valence-electron chi connectivity index (χ4n) is 2.36. The highest BCUT2D eigenvalue weighted by molar-refractivity contribution is 5.76. The number of hydrogen-bond acceptors (Lipinski definition) is 6. The molecular weight excluding hydrogens is 300 g/mol. The molecule has 126 valence electrons. The second-order valence-corrected chi connectivity index (χ2v) is 6.45. The van der Waals surface area contributed by atoms with Gasteiger partial charge in [-0.25, -0.2) is 4.79 Å². The number of carboxylic acid groups (broad SMARTS) is 1. The van der Waals surface area contributed by atoms with Crippen LogP contribution in [-0.4, -0.2) is 68.2 Å². The van der Waals surface area contributed by atoms with Gasteiger partial charge in [-0.3, -0.25) is 19.7 Å². The molecule has 0 saturated carbocycles. The van der Waals surface area contributed by atoms with E-state index < -0.39 is 23.7 Å². The first kappa shape index (κ1) is 17.1. The monoisotopic (exact) mass is 322 g/mol. The van der Waals surface area contributed by atoms with E-state index in [9.17, 15) is 14.7 Å². The molecular formula is C15H22N4O4. The van der Waals surface area contributed by atoms with Crippen LogP contribution in [0.15, 0.2) is 18.6 Å². The molecule has 8 nitrogen and oxygen atoms in total. The zero-order valence-electron chi connectivity index (χ0n) is 13.6. The van der Waals surface area contributed by atoms with E-state index in [4.69, 9.17) is 4.74 Å². The minimum Gasteiger partial charge on any atom is -0.480 e.